The largest absolute Gasteiger partial charge is 0.416 e. The van der Waals surface area contributed by atoms with Gasteiger partial charge in [0.05, 0.1) is 21.9 Å². The molecule has 0 atom stereocenters. The molecule has 268 valence electrons. The topological polar surface area (TPSA) is 104 Å². The van der Waals surface area contributed by atoms with Crippen LogP contribution in [0.15, 0.2) is 94.5 Å². The summed E-state index contributed by atoms with van der Waals surface area (Å²) in [7, 11) is 2.89. The lowest BCUT2D eigenvalue weighted by Crippen LogP contribution is -2.20. The number of alkyl halides is 6. The molecule has 0 radical (unpaired) electrons. The van der Waals surface area contributed by atoms with Crippen LogP contribution in [0.5, 0.6) is 0 Å². The van der Waals surface area contributed by atoms with Crippen LogP contribution in [0.2, 0.25) is 10.3 Å². The van der Waals surface area contributed by atoms with Crippen LogP contribution in [-0.2, 0) is 39.3 Å². The van der Waals surface area contributed by atoms with E-state index in [1.165, 1.54) is 74.8 Å². The van der Waals surface area contributed by atoms with Gasteiger partial charge in [-0.3, -0.25) is 19.2 Å². The van der Waals surface area contributed by atoms with Crippen LogP contribution in [0, 0.1) is 0 Å². The molecule has 8 nitrogen and oxygen atoms in total. The molecule has 0 spiro atoms. The molecule has 52 heavy (non-hydrogen) atoms. The summed E-state index contributed by atoms with van der Waals surface area (Å²) < 4.78 is 78.8. The molecule has 4 aromatic carbocycles. The number of benzene rings is 4. The van der Waals surface area contributed by atoms with Crippen LogP contribution in [-0.4, -0.2) is 31.1 Å². The van der Waals surface area contributed by atoms with Gasteiger partial charge in [0, 0.05) is 48.8 Å². The maximum atomic E-state index is 12.8. The minimum absolute atomic E-state index is 0.0656. The average molecular weight is 762 g/mol. The molecule has 0 aliphatic rings. The van der Waals surface area contributed by atoms with Crippen molar-refractivity contribution in [3.8, 4) is 0 Å². The number of ketones is 2. The Kier molecular flexibility index (Phi) is 10.7. The third-order valence-electron chi connectivity index (χ3n) is 7.89. The summed E-state index contributed by atoms with van der Waals surface area (Å²) in [5, 5.41) is 9.17. The normalized spacial score (nSPS) is 11.7. The molecule has 0 aliphatic heterocycles. The van der Waals surface area contributed by atoms with Crippen LogP contribution < -0.4 is 11.1 Å². The molecule has 0 aliphatic carbocycles. The van der Waals surface area contributed by atoms with Gasteiger partial charge in [-0.05, 0) is 41.5 Å². The second-order valence-electron chi connectivity index (χ2n) is 11.6. The van der Waals surface area contributed by atoms with Crippen molar-refractivity contribution in [3.05, 3.63) is 149 Å². The van der Waals surface area contributed by atoms with Crippen LogP contribution in [0.25, 0.3) is 21.5 Å². The SMILES string of the molecule is Cn1nc(Cl)c2cc(C(=O)Cc3cccc(C(F)(F)F)c3)ccc2c1=O.Cn1nc(Cl)c2ccc(C(=O)Cc3cccc(C(F)(F)F)c3)cc2c1=O. The monoisotopic (exact) mass is 760 g/mol. The van der Waals surface area contributed by atoms with Crippen molar-refractivity contribution >= 4 is 56.3 Å². The quantitative estimate of drug-likeness (QED) is 0.126. The molecule has 0 amide bonds. The van der Waals surface area contributed by atoms with Gasteiger partial charge in [-0.25, -0.2) is 9.36 Å². The fraction of sp³-hybridized carbons (Fsp3) is 0.167. The van der Waals surface area contributed by atoms with Gasteiger partial charge < -0.3 is 0 Å². The molecule has 0 N–H and O–H groups in total. The molecule has 0 bridgehead atoms. The third-order valence-corrected chi connectivity index (χ3v) is 8.45. The minimum atomic E-state index is -4.47. The molecule has 6 aromatic rings. The number of carbonyl (C=O) groups excluding carboxylic acids is 2. The van der Waals surface area contributed by atoms with Crippen LogP contribution in [0.3, 0.4) is 0 Å². The van der Waals surface area contributed by atoms with Crippen LogP contribution in [0.4, 0.5) is 26.3 Å². The summed E-state index contributed by atoms with van der Waals surface area (Å²) >= 11 is 12.0. The van der Waals surface area contributed by atoms with E-state index in [-0.39, 0.29) is 62.1 Å². The molecule has 16 heteroatoms. The first-order chi connectivity index (χ1) is 24.3. The van der Waals surface area contributed by atoms with E-state index in [0.29, 0.717) is 16.2 Å². The van der Waals surface area contributed by atoms with Gasteiger partial charge in [0.15, 0.2) is 21.9 Å². The predicted octanol–water partition coefficient (Wildman–Crippen LogP) is 8.06. The summed E-state index contributed by atoms with van der Waals surface area (Å²) in [5.74, 6) is -0.788. The summed E-state index contributed by atoms with van der Waals surface area (Å²) in [6.45, 7) is 0. The van der Waals surface area contributed by atoms with Gasteiger partial charge in [-0.1, -0.05) is 77.8 Å². The lowest BCUT2D eigenvalue weighted by atomic mass is 9.99. The molecule has 2 aromatic heterocycles. The van der Waals surface area contributed by atoms with Crippen LogP contribution in [0.1, 0.15) is 43.0 Å². The van der Waals surface area contributed by atoms with Crippen molar-refractivity contribution in [2.45, 2.75) is 25.2 Å². The number of Topliss-reactive ketones (excluding diaryl/α,β-unsaturated/α-hetero) is 2. The first kappa shape index (κ1) is 37.9. The van der Waals surface area contributed by atoms with Gasteiger partial charge in [-0.2, -0.15) is 36.5 Å². The Balaban J connectivity index is 0.000000201. The van der Waals surface area contributed by atoms with E-state index in [1.807, 2.05) is 0 Å². The smallest absolute Gasteiger partial charge is 0.294 e. The van der Waals surface area contributed by atoms with Gasteiger partial charge in [0.2, 0.25) is 0 Å². The predicted molar refractivity (Wildman–Crippen MR) is 183 cm³/mol. The number of aryl methyl sites for hydroxylation is 2. The highest BCUT2D eigenvalue weighted by Gasteiger charge is 2.31. The highest BCUT2D eigenvalue weighted by atomic mass is 35.5. The fourth-order valence-corrected chi connectivity index (χ4v) is 5.80. The molecular formula is C36H24Cl2F6N4O4. The summed E-state index contributed by atoms with van der Waals surface area (Å²) in [4.78, 5) is 49.1. The Bertz CT molecular complexity index is 2490. The van der Waals surface area contributed by atoms with Gasteiger partial charge >= 0.3 is 12.4 Å². The molecule has 0 unspecified atom stereocenters. The van der Waals surface area contributed by atoms with Gasteiger partial charge in [-0.15, -0.1) is 0 Å². The Labute approximate surface area is 299 Å². The summed E-state index contributed by atoms with van der Waals surface area (Å²) in [5.41, 5.74) is -1.45. The first-order valence-electron chi connectivity index (χ1n) is 15.1. The van der Waals surface area contributed by atoms with Crippen molar-refractivity contribution in [3.63, 3.8) is 0 Å². The zero-order valence-electron chi connectivity index (χ0n) is 26.9. The highest BCUT2D eigenvalue weighted by Crippen LogP contribution is 2.31. The lowest BCUT2D eigenvalue weighted by Gasteiger charge is -2.09. The summed E-state index contributed by atoms with van der Waals surface area (Å²) in [6.07, 6.45) is -9.36. The van der Waals surface area contributed by atoms with Crippen molar-refractivity contribution in [1.82, 2.24) is 19.6 Å². The van der Waals surface area contributed by atoms with Crippen molar-refractivity contribution < 1.29 is 35.9 Å². The number of hydrogen-bond acceptors (Lipinski definition) is 6. The standard InChI is InChI=1S/2C18H12ClF3N2O2/c1-24-17(26)13-6-5-11(9-14(13)16(19)23-24)15(25)8-10-3-2-4-12(7-10)18(20,21)22;1-24-17(26)14-9-11(5-6-13(14)16(19)23-24)15(25)8-10-3-2-4-12(7-10)18(20,21)22/h2*2-7,9H,8H2,1H3. The average Bonchev–Trinajstić information content (AvgIpc) is 3.09. The molecule has 0 saturated carbocycles. The Morgan fingerprint density at radius 1 is 0.577 bits per heavy atom. The lowest BCUT2D eigenvalue weighted by molar-refractivity contribution is -0.138. The number of rotatable bonds is 6. The summed E-state index contributed by atoms with van der Waals surface area (Å²) in [6, 6.07) is 17.9. The van der Waals surface area contributed by atoms with Crippen molar-refractivity contribution in [1.29, 1.82) is 0 Å². The third kappa shape index (κ3) is 8.40. The first-order valence-corrected chi connectivity index (χ1v) is 15.8. The van der Waals surface area contributed by atoms with E-state index in [4.69, 9.17) is 23.2 Å². The van der Waals surface area contributed by atoms with Crippen molar-refractivity contribution in [2.75, 3.05) is 0 Å². The van der Waals surface area contributed by atoms with Crippen molar-refractivity contribution in [2.24, 2.45) is 14.1 Å². The van der Waals surface area contributed by atoms with E-state index in [0.717, 1.165) is 33.6 Å². The van der Waals surface area contributed by atoms with Crippen LogP contribution >= 0.6 is 23.2 Å². The Morgan fingerprint density at radius 2 is 0.981 bits per heavy atom. The molecular weight excluding hydrogens is 737 g/mol. The number of hydrogen-bond donors (Lipinski definition) is 0. The van der Waals surface area contributed by atoms with Gasteiger partial charge in [0.25, 0.3) is 11.1 Å². The second-order valence-corrected chi connectivity index (χ2v) is 12.3. The van der Waals surface area contributed by atoms with E-state index in [9.17, 15) is 45.5 Å². The number of fused-ring (bicyclic) bond motifs is 2. The number of halogens is 8. The zero-order valence-corrected chi connectivity index (χ0v) is 28.5. The number of nitrogens with zero attached hydrogens (tertiary/aromatic N) is 4. The van der Waals surface area contributed by atoms with E-state index in [1.54, 1.807) is 0 Å². The van der Waals surface area contributed by atoms with Gasteiger partial charge in [0.1, 0.15) is 0 Å². The van der Waals surface area contributed by atoms with E-state index >= 15 is 0 Å². The molecule has 6 rings (SSSR count). The zero-order chi connectivity index (χ0) is 38.1. The minimum Gasteiger partial charge on any atom is -0.294 e. The van der Waals surface area contributed by atoms with E-state index in [2.05, 4.69) is 10.2 Å². The molecule has 2 heterocycles. The Hall–Kier alpha value is -5.34. The highest BCUT2D eigenvalue weighted by molar-refractivity contribution is 6.34. The molecule has 0 saturated heterocycles. The second kappa shape index (κ2) is 14.7. The number of aromatic nitrogens is 4. The maximum absolute atomic E-state index is 12.8. The maximum Gasteiger partial charge on any atom is 0.416 e. The van der Waals surface area contributed by atoms with E-state index < -0.39 is 34.8 Å². The molecule has 0 fully saturated rings. The Morgan fingerprint density at radius 3 is 1.44 bits per heavy atom. The fourth-order valence-electron chi connectivity index (χ4n) is 5.25. The number of carbonyl (C=O) groups is 2.